The predicted molar refractivity (Wildman–Crippen MR) is 73.1 cm³/mol. The molecule has 1 atom stereocenters. The van der Waals surface area contributed by atoms with Crippen molar-refractivity contribution < 1.29 is 9.90 Å². The van der Waals surface area contributed by atoms with Crippen molar-refractivity contribution in [3.05, 3.63) is 5.82 Å². The SMILES string of the molecule is CC(C)C(CNc1nc(C(C)(C)C)ns1)C(=O)O. The van der Waals surface area contributed by atoms with Gasteiger partial charge in [-0.25, -0.2) is 4.98 Å². The summed E-state index contributed by atoms with van der Waals surface area (Å²) in [7, 11) is 0. The highest BCUT2D eigenvalue weighted by Gasteiger charge is 2.23. The Labute approximate surface area is 112 Å². The Morgan fingerprint density at radius 2 is 2.06 bits per heavy atom. The van der Waals surface area contributed by atoms with Crippen molar-refractivity contribution in [2.45, 2.75) is 40.0 Å². The Hall–Kier alpha value is -1.17. The number of rotatable bonds is 5. The Morgan fingerprint density at radius 1 is 1.44 bits per heavy atom. The lowest BCUT2D eigenvalue weighted by Gasteiger charge is -2.16. The van der Waals surface area contributed by atoms with Gasteiger partial charge in [0.15, 0.2) is 0 Å². The lowest BCUT2D eigenvalue weighted by Crippen LogP contribution is -2.27. The third-order valence-electron chi connectivity index (χ3n) is 2.69. The zero-order valence-corrected chi connectivity index (χ0v) is 12.3. The van der Waals surface area contributed by atoms with Gasteiger partial charge in [0.1, 0.15) is 5.82 Å². The number of nitrogens with one attached hydrogen (secondary N) is 1. The van der Waals surface area contributed by atoms with Gasteiger partial charge in [0.05, 0.1) is 5.92 Å². The van der Waals surface area contributed by atoms with Gasteiger partial charge in [0.25, 0.3) is 0 Å². The molecule has 18 heavy (non-hydrogen) atoms. The lowest BCUT2D eigenvalue weighted by molar-refractivity contribution is -0.142. The maximum absolute atomic E-state index is 11.1. The van der Waals surface area contributed by atoms with Crippen LogP contribution in [0.2, 0.25) is 0 Å². The summed E-state index contributed by atoms with van der Waals surface area (Å²) >= 11 is 1.28. The lowest BCUT2D eigenvalue weighted by atomic mass is 9.96. The highest BCUT2D eigenvalue weighted by Crippen LogP contribution is 2.23. The standard InChI is InChI=1S/C12H21N3O2S/c1-7(2)8(9(16)17)6-13-11-14-10(15-18-11)12(3,4)5/h7-8H,6H2,1-5H3,(H,16,17)(H,13,14,15). The molecule has 1 unspecified atom stereocenters. The maximum atomic E-state index is 11.1. The van der Waals surface area contributed by atoms with Gasteiger partial charge < -0.3 is 10.4 Å². The molecule has 0 aliphatic rings. The van der Waals surface area contributed by atoms with Gasteiger partial charge in [-0.2, -0.15) is 4.37 Å². The first-order valence-corrected chi connectivity index (χ1v) is 6.80. The summed E-state index contributed by atoms with van der Waals surface area (Å²) in [6.45, 7) is 10.3. The minimum atomic E-state index is -0.780. The molecule has 1 aromatic heterocycles. The monoisotopic (exact) mass is 271 g/mol. The van der Waals surface area contributed by atoms with E-state index in [0.717, 1.165) is 5.82 Å². The topological polar surface area (TPSA) is 75.1 Å². The van der Waals surface area contributed by atoms with Crippen LogP contribution in [-0.4, -0.2) is 27.0 Å². The average Bonchev–Trinajstić information content (AvgIpc) is 2.64. The van der Waals surface area contributed by atoms with E-state index < -0.39 is 11.9 Å². The van der Waals surface area contributed by atoms with E-state index in [2.05, 4.69) is 14.7 Å². The van der Waals surface area contributed by atoms with E-state index in [-0.39, 0.29) is 11.3 Å². The molecule has 0 bridgehead atoms. The van der Waals surface area contributed by atoms with Crippen molar-refractivity contribution in [1.29, 1.82) is 0 Å². The third-order valence-corrected chi connectivity index (χ3v) is 3.36. The van der Waals surface area contributed by atoms with Crippen LogP contribution < -0.4 is 5.32 Å². The highest BCUT2D eigenvalue weighted by molar-refractivity contribution is 7.09. The zero-order chi connectivity index (χ0) is 13.9. The van der Waals surface area contributed by atoms with Crippen LogP contribution in [0.4, 0.5) is 5.13 Å². The van der Waals surface area contributed by atoms with Crippen LogP contribution in [0.3, 0.4) is 0 Å². The average molecular weight is 271 g/mol. The number of aliphatic carboxylic acids is 1. The van der Waals surface area contributed by atoms with E-state index in [1.165, 1.54) is 11.5 Å². The largest absolute Gasteiger partial charge is 0.481 e. The van der Waals surface area contributed by atoms with Crippen LogP contribution in [0.5, 0.6) is 0 Å². The van der Waals surface area contributed by atoms with Gasteiger partial charge in [-0.15, -0.1) is 0 Å². The summed E-state index contributed by atoms with van der Waals surface area (Å²) in [5, 5.41) is 12.8. The minimum absolute atomic E-state index is 0.0827. The van der Waals surface area contributed by atoms with Crippen molar-refractivity contribution in [2.75, 3.05) is 11.9 Å². The number of hydrogen-bond donors (Lipinski definition) is 2. The van der Waals surface area contributed by atoms with E-state index in [4.69, 9.17) is 5.11 Å². The molecule has 0 saturated heterocycles. The molecule has 0 radical (unpaired) electrons. The van der Waals surface area contributed by atoms with Crippen LogP contribution in [0.15, 0.2) is 0 Å². The molecule has 1 aromatic rings. The van der Waals surface area contributed by atoms with Gasteiger partial charge >= 0.3 is 5.97 Å². The summed E-state index contributed by atoms with van der Waals surface area (Å²) in [5.41, 5.74) is -0.0827. The summed E-state index contributed by atoms with van der Waals surface area (Å²) in [6, 6.07) is 0. The van der Waals surface area contributed by atoms with Crippen LogP contribution in [0, 0.1) is 11.8 Å². The minimum Gasteiger partial charge on any atom is -0.481 e. The smallest absolute Gasteiger partial charge is 0.308 e. The Kier molecular flexibility index (Phi) is 4.67. The summed E-state index contributed by atoms with van der Waals surface area (Å²) < 4.78 is 4.28. The van der Waals surface area contributed by atoms with Crippen molar-refractivity contribution >= 4 is 22.6 Å². The van der Waals surface area contributed by atoms with Crippen LogP contribution in [0.1, 0.15) is 40.4 Å². The summed E-state index contributed by atoms with van der Waals surface area (Å²) in [5.74, 6) is -0.318. The van der Waals surface area contributed by atoms with Gasteiger partial charge in [-0.3, -0.25) is 4.79 Å². The van der Waals surface area contributed by atoms with Crippen LogP contribution >= 0.6 is 11.5 Å². The number of anilines is 1. The number of carbonyl (C=O) groups is 1. The molecule has 0 aliphatic carbocycles. The molecule has 5 nitrogen and oxygen atoms in total. The molecule has 0 amide bonds. The van der Waals surface area contributed by atoms with Gasteiger partial charge in [0, 0.05) is 23.5 Å². The normalized spacial score (nSPS) is 13.7. The molecule has 2 N–H and O–H groups in total. The second-order valence-electron chi connectivity index (χ2n) is 5.74. The number of carboxylic acid groups (broad SMARTS) is 1. The molecule has 1 rings (SSSR count). The first-order valence-electron chi connectivity index (χ1n) is 6.02. The number of aromatic nitrogens is 2. The van der Waals surface area contributed by atoms with E-state index in [1.807, 2.05) is 34.6 Å². The van der Waals surface area contributed by atoms with Gasteiger partial charge in [-0.1, -0.05) is 34.6 Å². The molecule has 0 aromatic carbocycles. The highest BCUT2D eigenvalue weighted by atomic mass is 32.1. The quantitative estimate of drug-likeness (QED) is 0.861. The van der Waals surface area contributed by atoms with E-state index in [9.17, 15) is 4.79 Å². The second-order valence-corrected chi connectivity index (χ2v) is 6.49. The number of hydrogen-bond acceptors (Lipinski definition) is 5. The zero-order valence-electron chi connectivity index (χ0n) is 11.5. The van der Waals surface area contributed by atoms with Crippen molar-refractivity contribution in [3.8, 4) is 0 Å². The third kappa shape index (κ3) is 3.94. The van der Waals surface area contributed by atoms with E-state index >= 15 is 0 Å². The Morgan fingerprint density at radius 3 is 2.44 bits per heavy atom. The summed E-state index contributed by atoms with van der Waals surface area (Å²) in [4.78, 5) is 15.4. The molecule has 0 fully saturated rings. The van der Waals surface area contributed by atoms with Crippen LogP contribution in [0.25, 0.3) is 0 Å². The molecule has 1 heterocycles. The molecule has 102 valence electrons. The fourth-order valence-corrected chi connectivity index (χ4v) is 2.17. The first kappa shape index (κ1) is 14.9. The van der Waals surface area contributed by atoms with Gasteiger partial charge in [0.2, 0.25) is 5.13 Å². The predicted octanol–water partition coefficient (Wildman–Crippen LogP) is 2.60. The Bertz CT molecular complexity index is 410. The molecular formula is C12H21N3O2S. The molecule has 0 saturated carbocycles. The van der Waals surface area contributed by atoms with E-state index in [0.29, 0.717) is 11.7 Å². The van der Waals surface area contributed by atoms with Gasteiger partial charge in [-0.05, 0) is 5.92 Å². The second kappa shape index (κ2) is 5.65. The molecule has 0 spiro atoms. The number of carboxylic acids is 1. The molecule has 6 heteroatoms. The fraction of sp³-hybridized carbons (Fsp3) is 0.750. The first-order chi connectivity index (χ1) is 8.21. The summed E-state index contributed by atoms with van der Waals surface area (Å²) in [6.07, 6.45) is 0. The van der Waals surface area contributed by atoms with Crippen molar-refractivity contribution in [2.24, 2.45) is 11.8 Å². The maximum Gasteiger partial charge on any atom is 0.308 e. The van der Waals surface area contributed by atoms with Crippen molar-refractivity contribution in [3.63, 3.8) is 0 Å². The Balaban J connectivity index is 2.63. The van der Waals surface area contributed by atoms with E-state index in [1.54, 1.807) is 0 Å². The fourth-order valence-electron chi connectivity index (χ4n) is 1.41. The van der Waals surface area contributed by atoms with Crippen molar-refractivity contribution in [1.82, 2.24) is 9.36 Å². The molecule has 0 aliphatic heterocycles. The van der Waals surface area contributed by atoms with Crippen LogP contribution in [-0.2, 0) is 10.2 Å². The molecular weight excluding hydrogens is 250 g/mol. The number of nitrogens with zero attached hydrogens (tertiary/aromatic N) is 2.